The molecule has 0 saturated carbocycles. The summed E-state index contributed by atoms with van der Waals surface area (Å²) in [5.74, 6) is -0.505. The van der Waals surface area contributed by atoms with Crippen molar-refractivity contribution in [3.8, 4) is 6.08 Å². The first-order valence-electron chi connectivity index (χ1n) is 6.53. The number of oxazole rings is 1. The van der Waals surface area contributed by atoms with E-state index in [1.165, 1.54) is 6.26 Å². The third-order valence-electron chi connectivity index (χ3n) is 2.89. The average Bonchev–Trinajstić information content (AvgIpc) is 2.76. The van der Waals surface area contributed by atoms with Crippen LogP contribution in [0.3, 0.4) is 0 Å². The second kappa shape index (κ2) is 6.06. The molecule has 2 unspecified atom stereocenters. The maximum absolute atomic E-state index is 11.4. The molecule has 2 rings (SSSR count). The van der Waals surface area contributed by atoms with Gasteiger partial charge in [-0.25, -0.2) is 4.79 Å². The van der Waals surface area contributed by atoms with E-state index in [4.69, 9.17) is 18.6 Å². The fraction of sp³-hybridized carbons (Fsp3) is 0.692. The van der Waals surface area contributed by atoms with Crippen molar-refractivity contribution in [1.82, 2.24) is 4.98 Å². The Bertz CT molecular complexity index is 420. The van der Waals surface area contributed by atoms with Crippen molar-refractivity contribution in [3.05, 3.63) is 12.0 Å². The summed E-state index contributed by atoms with van der Waals surface area (Å²) in [6, 6.07) is 0. The number of carbonyl (C=O) groups is 1. The smallest absolute Gasteiger partial charge is 0.394 e. The van der Waals surface area contributed by atoms with Crippen LogP contribution in [0.5, 0.6) is 6.08 Å². The van der Waals surface area contributed by atoms with E-state index >= 15 is 0 Å². The van der Waals surface area contributed by atoms with Crippen LogP contribution in [0.15, 0.2) is 10.7 Å². The highest BCUT2D eigenvalue weighted by molar-refractivity contribution is 5.86. The number of hydrogen-bond donors (Lipinski definition) is 0. The van der Waals surface area contributed by atoms with Crippen molar-refractivity contribution < 1.29 is 23.4 Å². The van der Waals surface area contributed by atoms with Crippen molar-refractivity contribution in [1.29, 1.82) is 0 Å². The molecule has 0 N–H and O–H groups in total. The quantitative estimate of drug-likeness (QED) is 0.780. The average molecular weight is 269 g/mol. The van der Waals surface area contributed by atoms with Crippen molar-refractivity contribution >= 4 is 5.97 Å². The summed E-state index contributed by atoms with van der Waals surface area (Å²) in [6.07, 6.45) is 3.20. The van der Waals surface area contributed by atoms with Gasteiger partial charge in [-0.15, -0.1) is 0 Å². The van der Waals surface area contributed by atoms with Crippen LogP contribution in [0.4, 0.5) is 0 Å². The van der Waals surface area contributed by atoms with Crippen LogP contribution >= 0.6 is 0 Å². The summed E-state index contributed by atoms with van der Waals surface area (Å²) in [5, 5.41) is 0. The van der Waals surface area contributed by atoms with Gasteiger partial charge in [-0.3, -0.25) is 0 Å². The Hall–Kier alpha value is -1.56. The van der Waals surface area contributed by atoms with Crippen LogP contribution in [0, 0.1) is 0 Å². The Morgan fingerprint density at radius 2 is 2.11 bits per heavy atom. The van der Waals surface area contributed by atoms with E-state index in [1.54, 1.807) is 6.92 Å². The number of rotatable bonds is 4. The summed E-state index contributed by atoms with van der Waals surface area (Å²) in [4.78, 5) is 15.4. The molecule has 0 aromatic carbocycles. The number of carbonyl (C=O) groups excluding carboxylic acids is 1. The molecule has 6 heteroatoms. The number of esters is 1. The van der Waals surface area contributed by atoms with Gasteiger partial charge in [-0.1, -0.05) is 0 Å². The molecule has 1 fully saturated rings. The third kappa shape index (κ3) is 3.70. The fourth-order valence-corrected chi connectivity index (χ4v) is 2.19. The lowest BCUT2D eigenvalue weighted by Gasteiger charge is -2.31. The first-order chi connectivity index (χ1) is 9.08. The van der Waals surface area contributed by atoms with E-state index in [-0.39, 0.29) is 30.1 Å². The van der Waals surface area contributed by atoms with Gasteiger partial charge >= 0.3 is 12.0 Å². The Balaban J connectivity index is 1.94. The highest BCUT2D eigenvalue weighted by Gasteiger charge is 2.27. The zero-order valence-corrected chi connectivity index (χ0v) is 11.4. The first-order valence-corrected chi connectivity index (χ1v) is 6.53. The molecule has 0 amide bonds. The van der Waals surface area contributed by atoms with Crippen LogP contribution in [0.2, 0.25) is 0 Å². The molecule has 0 aliphatic carbocycles. The van der Waals surface area contributed by atoms with Crippen LogP contribution in [0.25, 0.3) is 0 Å². The fourth-order valence-electron chi connectivity index (χ4n) is 2.19. The van der Waals surface area contributed by atoms with E-state index in [0.29, 0.717) is 6.61 Å². The molecule has 1 aromatic rings. The minimum absolute atomic E-state index is 0.00699. The molecule has 0 bridgehead atoms. The van der Waals surface area contributed by atoms with Gasteiger partial charge in [0.1, 0.15) is 12.4 Å². The lowest BCUT2D eigenvalue weighted by Crippen LogP contribution is -2.35. The first kappa shape index (κ1) is 13.9. The maximum atomic E-state index is 11.4. The minimum atomic E-state index is -0.505. The Morgan fingerprint density at radius 1 is 1.42 bits per heavy atom. The second-order valence-electron chi connectivity index (χ2n) is 4.69. The summed E-state index contributed by atoms with van der Waals surface area (Å²) >= 11 is 0. The SMILES string of the molecule is CCOC(=O)c1coc(OC2CC(C)OC(C)C2)n1. The lowest BCUT2D eigenvalue weighted by molar-refractivity contribution is -0.0772. The molecule has 1 saturated heterocycles. The zero-order chi connectivity index (χ0) is 13.8. The topological polar surface area (TPSA) is 70.8 Å². The predicted molar refractivity (Wildman–Crippen MR) is 66.1 cm³/mol. The van der Waals surface area contributed by atoms with Gasteiger partial charge in [0.25, 0.3) is 0 Å². The van der Waals surface area contributed by atoms with Crippen molar-refractivity contribution in [2.24, 2.45) is 0 Å². The largest absolute Gasteiger partial charge is 0.461 e. The Morgan fingerprint density at radius 3 is 2.74 bits per heavy atom. The number of nitrogens with zero attached hydrogens (tertiary/aromatic N) is 1. The molecule has 0 spiro atoms. The van der Waals surface area contributed by atoms with Gasteiger partial charge in [0.15, 0.2) is 5.69 Å². The van der Waals surface area contributed by atoms with Gasteiger partial charge in [0, 0.05) is 12.8 Å². The molecule has 6 nitrogen and oxygen atoms in total. The van der Waals surface area contributed by atoms with Gasteiger partial charge in [-0.2, -0.15) is 4.98 Å². The standard InChI is InChI=1S/C13H19NO5/c1-4-16-12(15)11-7-17-13(14-11)19-10-5-8(2)18-9(3)6-10/h7-10H,4-6H2,1-3H3. The van der Waals surface area contributed by atoms with Gasteiger partial charge in [0.05, 0.1) is 18.8 Å². The van der Waals surface area contributed by atoms with E-state index in [9.17, 15) is 4.79 Å². The zero-order valence-electron chi connectivity index (χ0n) is 11.4. The summed E-state index contributed by atoms with van der Waals surface area (Å²) in [7, 11) is 0. The van der Waals surface area contributed by atoms with Crippen molar-refractivity contribution in [2.75, 3.05) is 6.61 Å². The monoisotopic (exact) mass is 269 g/mol. The Kier molecular flexibility index (Phi) is 4.42. The number of aromatic nitrogens is 1. The molecule has 106 valence electrons. The molecule has 2 atom stereocenters. The molecule has 0 radical (unpaired) electrons. The third-order valence-corrected chi connectivity index (χ3v) is 2.89. The molecule has 1 aromatic heterocycles. The molecular weight excluding hydrogens is 250 g/mol. The number of ether oxygens (including phenoxy) is 3. The molecule has 19 heavy (non-hydrogen) atoms. The van der Waals surface area contributed by atoms with Gasteiger partial charge < -0.3 is 18.6 Å². The molecular formula is C13H19NO5. The van der Waals surface area contributed by atoms with Crippen LogP contribution < -0.4 is 4.74 Å². The molecule has 1 aliphatic rings. The van der Waals surface area contributed by atoms with E-state index in [0.717, 1.165) is 12.8 Å². The van der Waals surface area contributed by atoms with Crippen molar-refractivity contribution in [2.45, 2.75) is 51.9 Å². The summed E-state index contributed by atoms with van der Waals surface area (Å²) < 4.78 is 21.2. The predicted octanol–water partition coefficient (Wildman–Crippen LogP) is 2.19. The minimum Gasteiger partial charge on any atom is -0.461 e. The maximum Gasteiger partial charge on any atom is 0.394 e. The second-order valence-corrected chi connectivity index (χ2v) is 4.69. The Labute approximate surface area is 112 Å². The molecule has 2 heterocycles. The van der Waals surface area contributed by atoms with Gasteiger partial charge in [-0.05, 0) is 20.8 Å². The van der Waals surface area contributed by atoms with Crippen LogP contribution in [0.1, 0.15) is 44.1 Å². The molecule has 1 aliphatic heterocycles. The van der Waals surface area contributed by atoms with E-state index < -0.39 is 5.97 Å². The summed E-state index contributed by atoms with van der Waals surface area (Å²) in [6.45, 7) is 6.05. The highest BCUT2D eigenvalue weighted by Crippen LogP contribution is 2.23. The van der Waals surface area contributed by atoms with Crippen LogP contribution in [-0.4, -0.2) is 35.9 Å². The highest BCUT2D eigenvalue weighted by atomic mass is 16.6. The lowest BCUT2D eigenvalue weighted by atomic mass is 10.0. The normalized spacial score (nSPS) is 27.0. The van der Waals surface area contributed by atoms with Crippen LogP contribution in [-0.2, 0) is 9.47 Å². The summed E-state index contributed by atoms with van der Waals surface area (Å²) in [5.41, 5.74) is 0.130. The van der Waals surface area contributed by atoms with Gasteiger partial charge in [0.2, 0.25) is 0 Å². The number of hydrogen-bond acceptors (Lipinski definition) is 6. The van der Waals surface area contributed by atoms with E-state index in [2.05, 4.69) is 4.98 Å². The van der Waals surface area contributed by atoms with E-state index in [1.807, 2.05) is 13.8 Å². The van der Waals surface area contributed by atoms with Crippen molar-refractivity contribution in [3.63, 3.8) is 0 Å².